The minimum Gasteiger partial charge on any atom is -0.467 e. The highest BCUT2D eigenvalue weighted by molar-refractivity contribution is 8.00. The lowest BCUT2D eigenvalue weighted by atomic mass is 9.94. The zero-order chi connectivity index (χ0) is 27.3. The second-order valence-electron chi connectivity index (χ2n) is 9.62. The highest BCUT2D eigenvalue weighted by atomic mass is 32.2. The Balaban J connectivity index is 1.51. The van der Waals surface area contributed by atoms with Crippen molar-refractivity contribution in [3.63, 3.8) is 0 Å². The predicted molar refractivity (Wildman–Crippen MR) is 142 cm³/mol. The molecule has 1 amide bonds. The van der Waals surface area contributed by atoms with Crippen LogP contribution in [-0.2, 0) is 12.7 Å². The van der Waals surface area contributed by atoms with E-state index >= 15 is 0 Å². The zero-order valence-corrected chi connectivity index (χ0v) is 21.9. The highest BCUT2D eigenvalue weighted by Crippen LogP contribution is 2.38. The molecule has 198 valence electrons. The first-order valence-corrected chi connectivity index (χ1v) is 13.1. The van der Waals surface area contributed by atoms with Gasteiger partial charge < -0.3 is 9.64 Å². The van der Waals surface area contributed by atoms with E-state index in [-0.39, 0.29) is 24.9 Å². The van der Waals surface area contributed by atoms with Crippen molar-refractivity contribution in [2.24, 2.45) is 0 Å². The number of carbonyl (C=O) groups excluding carboxylic acids is 1. The molecular formula is C29H23F3N4O2S. The molecule has 1 atom stereocenters. The van der Waals surface area contributed by atoms with Crippen LogP contribution >= 0.6 is 11.9 Å². The van der Waals surface area contributed by atoms with Gasteiger partial charge in [0.2, 0.25) is 11.8 Å². The maximum atomic E-state index is 13.6. The molecule has 0 saturated heterocycles. The third-order valence-corrected chi connectivity index (χ3v) is 7.67. The number of ether oxygens (including phenoxy) is 1. The summed E-state index contributed by atoms with van der Waals surface area (Å²) < 4.78 is 50.2. The Bertz CT molecular complexity index is 1590. The summed E-state index contributed by atoms with van der Waals surface area (Å²) in [6.45, 7) is 4.19. The van der Waals surface area contributed by atoms with Crippen molar-refractivity contribution in [1.29, 1.82) is 0 Å². The fourth-order valence-electron chi connectivity index (χ4n) is 5.06. The summed E-state index contributed by atoms with van der Waals surface area (Å²) in [6.07, 6.45) is -5.24. The molecule has 0 saturated carbocycles. The lowest BCUT2D eigenvalue weighted by Crippen LogP contribution is -2.40. The number of nitrogens with one attached hydrogen (secondary N) is 1. The number of alkyl halides is 3. The van der Waals surface area contributed by atoms with E-state index in [1.54, 1.807) is 24.3 Å². The molecule has 6 nitrogen and oxygen atoms in total. The lowest BCUT2D eigenvalue weighted by Gasteiger charge is -2.35. The SMILES string of the molecule is Cc1cccc(C)c1-c1cc2nc(n1)NSc1cccc(c1)C(=O)N1Cc3cc(C(F)(F)F)ccc3[C@@H](C1)O2. The van der Waals surface area contributed by atoms with Gasteiger partial charge in [-0.25, -0.2) is 4.98 Å². The summed E-state index contributed by atoms with van der Waals surface area (Å²) in [6, 6.07) is 18.4. The fourth-order valence-corrected chi connectivity index (χ4v) is 5.69. The number of hydrogen-bond donors (Lipinski definition) is 1. The minimum absolute atomic E-state index is 0.0379. The predicted octanol–water partition coefficient (Wildman–Crippen LogP) is 6.99. The van der Waals surface area contributed by atoms with E-state index in [9.17, 15) is 18.0 Å². The molecule has 2 aliphatic heterocycles. The Morgan fingerprint density at radius 1 is 1.00 bits per heavy atom. The van der Waals surface area contributed by atoms with Crippen molar-refractivity contribution in [2.75, 3.05) is 11.3 Å². The first-order chi connectivity index (χ1) is 18.7. The molecule has 0 fully saturated rings. The zero-order valence-electron chi connectivity index (χ0n) is 21.0. The number of rotatable bonds is 1. The van der Waals surface area contributed by atoms with Crippen LogP contribution in [0.25, 0.3) is 11.3 Å². The van der Waals surface area contributed by atoms with Crippen molar-refractivity contribution in [2.45, 2.75) is 37.6 Å². The Morgan fingerprint density at radius 3 is 2.54 bits per heavy atom. The first-order valence-electron chi connectivity index (χ1n) is 12.3. The molecule has 3 heterocycles. The average molecular weight is 549 g/mol. The van der Waals surface area contributed by atoms with Gasteiger partial charge in [-0.15, -0.1) is 0 Å². The molecule has 1 aromatic heterocycles. The Hall–Kier alpha value is -4.05. The molecule has 0 aliphatic carbocycles. The van der Waals surface area contributed by atoms with Crippen LogP contribution in [0.4, 0.5) is 19.1 Å². The van der Waals surface area contributed by atoms with Gasteiger partial charge in [0.25, 0.3) is 5.91 Å². The second kappa shape index (κ2) is 9.60. The van der Waals surface area contributed by atoms with Gasteiger partial charge in [-0.05, 0) is 78.4 Å². The Morgan fingerprint density at radius 2 is 1.77 bits per heavy atom. The normalized spacial score (nSPS) is 16.7. The third-order valence-electron chi connectivity index (χ3n) is 6.90. The molecule has 1 N–H and O–H groups in total. The van der Waals surface area contributed by atoms with Crippen molar-refractivity contribution in [3.8, 4) is 17.1 Å². The number of nitrogens with zero attached hydrogens (tertiary/aromatic N) is 3. The summed E-state index contributed by atoms with van der Waals surface area (Å²) in [5.74, 6) is 0.274. The molecule has 10 heteroatoms. The van der Waals surface area contributed by atoms with Gasteiger partial charge in [0, 0.05) is 28.6 Å². The van der Waals surface area contributed by atoms with Crippen LogP contribution in [0.5, 0.6) is 5.88 Å². The van der Waals surface area contributed by atoms with Crippen LogP contribution in [0.15, 0.2) is 71.6 Å². The van der Waals surface area contributed by atoms with Crippen LogP contribution in [0.3, 0.4) is 0 Å². The van der Waals surface area contributed by atoms with E-state index in [2.05, 4.69) is 9.71 Å². The number of benzene rings is 3. The lowest BCUT2D eigenvalue weighted by molar-refractivity contribution is -0.137. The molecule has 4 aromatic rings. The first kappa shape index (κ1) is 25.2. The van der Waals surface area contributed by atoms with Gasteiger partial charge in [-0.2, -0.15) is 18.2 Å². The standard InChI is InChI=1S/C29H23F3N4O2S/c1-16-5-3-6-17(2)26(16)23-13-25-34-28(33-23)35-39-21-8-4-7-18(12-21)27(37)36-14-19-11-20(29(30,31)32)9-10-22(19)24(15-36)38-25/h3-13,24H,14-15H2,1-2H3,(H,33,34,35)/t24-/m1/s1. The molecule has 39 heavy (non-hydrogen) atoms. The van der Waals surface area contributed by atoms with Crippen LogP contribution in [0, 0.1) is 13.8 Å². The molecule has 3 aromatic carbocycles. The molecule has 2 aliphatic rings. The Kier molecular flexibility index (Phi) is 6.22. The quantitative estimate of drug-likeness (QED) is 0.259. The maximum Gasteiger partial charge on any atom is 0.416 e. The van der Waals surface area contributed by atoms with E-state index in [0.29, 0.717) is 28.3 Å². The van der Waals surface area contributed by atoms with Crippen LogP contribution in [0.2, 0.25) is 0 Å². The summed E-state index contributed by atoms with van der Waals surface area (Å²) in [5, 5.41) is 0. The monoisotopic (exact) mass is 548 g/mol. The van der Waals surface area contributed by atoms with E-state index in [1.165, 1.54) is 22.9 Å². The van der Waals surface area contributed by atoms with E-state index in [0.717, 1.165) is 33.7 Å². The number of carbonyl (C=O) groups is 1. The van der Waals surface area contributed by atoms with Gasteiger partial charge in [-0.1, -0.05) is 30.3 Å². The smallest absolute Gasteiger partial charge is 0.416 e. The number of aromatic nitrogens is 2. The van der Waals surface area contributed by atoms with E-state index in [1.807, 2.05) is 38.1 Å². The van der Waals surface area contributed by atoms with Crippen molar-refractivity contribution in [1.82, 2.24) is 14.9 Å². The molecule has 6 bridgehead atoms. The topological polar surface area (TPSA) is 67.4 Å². The number of amides is 1. The van der Waals surface area contributed by atoms with Gasteiger partial charge >= 0.3 is 6.18 Å². The Labute approximate surface area is 227 Å². The number of hydrogen-bond acceptors (Lipinski definition) is 6. The van der Waals surface area contributed by atoms with Crippen molar-refractivity contribution in [3.05, 3.63) is 100 Å². The number of fused-ring (bicyclic) bond motifs is 8. The van der Waals surface area contributed by atoms with E-state index in [4.69, 9.17) is 9.72 Å². The van der Waals surface area contributed by atoms with Crippen molar-refractivity contribution < 1.29 is 22.7 Å². The third kappa shape index (κ3) is 4.92. The van der Waals surface area contributed by atoms with Crippen LogP contribution < -0.4 is 9.46 Å². The van der Waals surface area contributed by atoms with Crippen LogP contribution in [0.1, 0.15) is 44.3 Å². The van der Waals surface area contributed by atoms with E-state index < -0.39 is 17.8 Å². The molecule has 0 unspecified atom stereocenters. The van der Waals surface area contributed by atoms with Crippen LogP contribution in [-0.4, -0.2) is 27.3 Å². The second-order valence-corrected chi connectivity index (χ2v) is 10.5. The van der Waals surface area contributed by atoms with Gasteiger partial charge in [0.05, 0.1) is 17.8 Å². The minimum atomic E-state index is -4.50. The highest BCUT2D eigenvalue weighted by Gasteiger charge is 2.35. The van der Waals surface area contributed by atoms with Gasteiger partial charge in [0.1, 0.15) is 6.10 Å². The number of halogens is 3. The summed E-state index contributed by atoms with van der Waals surface area (Å²) in [4.78, 5) is 25.1. The molecule has 0 radical (unpaired) electrons. The molecule has 6 rings (SSSR count). The molecule has 0 spiro atoms. The maximum absolute atomic E-state index is 13.6. The van der Waals surface area contributed by atoms with Gasteiger partial charge in [0.15, 0.2) is 0 Å². The number of aryl methyl sites for hydroxylation is 2. The average Bonchev–Trinajstić information content (AvgIpc) is 2.90. The van der Waals surface area contributed by atoms with Crippen molar-refractivity contribution >= 4 is 23.8 Å². The molecular weight excluding hydrogens is 525 g/mol. The summed E-state index contributed by atoms with van der Waals surface area (Å²) in [7, 11) is 0. The largest absolute Gasteiger partial charge is 0.467 e. The summed E-state index contributed by atoms with van der Waals surface area (Å²) in [5.41, 5.74) is 4.30. The number of anilines is 1. The fraction of sp³-hybridized carbons (Fsp3) is 0.207. The summed E-state index contributed by atoms with van der Waals surface area (Å²) >= 11 is 1.26. The van der Waals surface area contributed by atoms with Gasteiger partial charge in [-0.3, -0.25) is 9.52 Å².